The van der Waals surface area contributed by atoms with Crippen molar-refractivity contribution in [1.82, 2.24) is 15.1 Å². The number of fused-ring (bicyclic) bond motifs is 2. The molecule has 1 aromatic heterocycles. The van der Waals surface area contributed by atoms with Gasteiger partial charge in [-0.15, -0.1) is 0 Å². The molecule has 5 aromatic rings. The number of carbonyl (C=O) groups excluding carboxylic acids is 2. The Bertz CT molecular complexity index is 3050. The molecule has 1 aliphatic heterocycles. The van der Waals surface area contributed by atoms with Crippen molar-refractivity contribution in [2.24, 2.45) is 7.05 Å². The minimum Gasteiger partial charge on any atom is -0.508 e. The fourth-order valence-corrected chi connectivity index (χ4v) is 7.58. The third-order valence-electron chi connectivity index (χ3n) is 10.1. The molecular formula is C47H37ClN6O8S. The van der Waals surface area contributed by atoms with Gasteiger partial charge in [0.05, 0.1) is 23.4 Å². The minimum absolute atomic E-state index is 0.0300. The second-order valence-electron chi connectivity index (χ2n) is 14.4. The summed E-state index contributed by atoms with van der Waals surface area (Å²) < 4.78 is 13.4. The van der Waals surface area contributed by atoms with Gasteiger partial charge < -0.3 is 40.6 Å². The van der Waals surface area contributed by atoms with Crippen molar-refractivity contribution in [3.63, 3.8) is 0 Å². The summed E-state index contributed by atoms with van der Waals surface area (Å²) in [4.78, 5) is 50.8. The van der Waals surface area contributed by atoms with E-state index in [1.165, 1.54) is 30.3 Å². The number of aromatic nitrogens is 2. The van der Waals surface area contributed by atoms with E-state index in [1.54, 1.807) is 78.5 Å². The molecule has 6 N–H and O–H groups in total. The van der Waals surface area contributed by atoms with E-state index in [9.17, 15) is 29.4 Å². The summed E-state index contributed by atoms with van der Waals surface area (Å²) >= 11 is 11.7. The molecule has 16 heteroatoms. The number of carbonyl (C=O) groups is 3. The maximum Gasteiger partial charge on any atom is 0.336 e. The largest absolute Gasteiger partial charge is 0.508 e. The first-order valence-electron chi connectivity index (χ1n) is 19.6. The summed E-state index contributed by atoms with van der Waals surface area (Å²) in [6, 6.07) is 29.3. The number of hydrogen-bond acceptors (Lipinski definition) is 9. The van der Waals surface area contributed by atoms with Crippen LogP contribution in [0.1, 0.15) is 33.6 Å². The van der Waals surface area contributed by atoms with Crippen molar-refractivity contribution in [2.75, 3.05) is 29.1 Å². The maximum atomic E-state index is 13.3. The first-order chi connectivity index (χ1) is 30.4. The van der Waals surface area contributed by atoms with Crippen molar-refractivity contribution in [3.05, 3.63) is 153 Å². The van der Waals surface area contributed by atoms with Gasteiger partial charge in [0.25, 0.3) is 11.8 Å². The number of thiocarbonyl (C=S) groups is 1. The number of carboxylic acids is 1. The quantitative estimate of drug-likeness (QED) is 0.0388. The zero-order valence-corrected chi connectivity index (χ0v) is 35.0. The van der Waals surface area contributed by atoms with E-state index in [-0.39, 0.29) is 58.2 Å². The third kappa shape index (κ3) is 9.44. The molecule has 3 aliphatic rings. The number of amides is 2. The van der Waals surface area contributed by atoms with Gasteiger partial charge in [0, 0.05) is 69.3 Å². The Labute approximate surface area is 369 Å². The summed E-state index contributed by atoms with van der Waals surface area (Å²) in [7, 11) is 1.72. The van der Waals surface area contributed by atoms with Crippen LogP contribution in [0.25, 0.3) is 44.7 Å². The molecule has 0 saturated carbocycles. The fourth-order valence-electron chi connectivity index (χ4n) is 7.09. The molecule has 316 valence electrons. The normalized spacial score (nSPS) is 12.3. The average Bonchev–Trinajstić information content (AvgIpc) is 3.63. The van der Waals surface area contributed by atoms with Gasteiger partial charge in [0.2, 0.25) is 0 Å². The number of phenols is 1. The van der Waals surface area contributed by atoms with Gasteiger partial charge in [-0.2, -0.15) is 5.10 Å². The van der Waals surface area contributed by atoms with Crippen LogP contribution in [0.5, 0.6) is 11.5 Å². The van der Waals surface area contributed by atoms with Crippen LogP contribution in [0.2, 0.25) is 0 Å². The Kier molecular flexibility index (Phi) is 12.0. The predicted octanol–water partition coefficient (Wildman–Crippen LogP) is 8.77. The number of benzene rings is 5. The van der Waals surface area contributed by atoms with Crippen LogP contribution in [-0.4, -0.2) is 56.0 Å². The summed E-state index contributed by atoms with van der Waals surface area (Å²) in [6.07, 6.45) is 5.23. The van der Waals surface area contributed by atoms with Gasteiger partial charge in [0.15, 0.2) is 10.5 Å². The number of hydrogen-bond donors (Lipinski definition) is 6. The number of phenolic OH excluding ortho intramolecular Hbond substituents is 1. The SMILES string of the molecule is Cn1nc(-c2ccc(NC(=O)C3=CCCC=C3Cl)cc2)cc1NC(=O)c1cccc(OCCNC(=S)Nc2ccc(-c3c4ccc(=O)cc-4oc4cc(O)ccc34)c(C(=O)O)c2)c1. The summed E-state index contributed by atoms with van der Waals surface area (Å²) in [5.74, 6) is -0.703. The van der Waals surface area contributed by atoms with Crippen LogP contribution in [-0.2, 0) is 11.8 Å². The molecule has 4 aromatic carbocycles. The molecule has 0 atom stereocenters. The summed E-state index contributed by atoms with van der Waals surface area (Å²) in [6.45, 7) is 0.462. The van der Waals surface area contributed by atoms with E-state index in [2.05, 4.69) is 26.4 Å². The molecule has 14 nitrogen and oxygen atoms in total. The number of aryl methyl sites for hydroxylation is 1. The van der Waals surface area contributed by atoms with Crippen molar-refractivity contribution >= 4 is 74.9 Å². The number of ether oxygens (including phenoxy) is 1. The van der Waals surface area contributed by atoms with Crippen molar-refractivity contribution < 1.29 is 33.8 Å². The predicted molar refractivity (Wildman–Crippen MR) is 246 cm³/mol. The second-order valence-corrected chi connectivity index (χ2v) is 15.2. The fraction of sp³-hybridized carbons (Fsp3) is 0.106. The number of aromatic hydroxyl groups is 1. The van der Waals surface area contributed by atoms with Crippen molar-refractivity contribution in [1.29, 1.82) is 0 Å². The van der Waals surface area contributed by atoms with Crippen LogP contribution in [0.3, 0.4) is 0 Å². The standard InChI is InChI=1S/C47H37ClN6O8S/c1-54-42(25-39(53-54)26-9-11-28(12-10-26)50-45(58)34-7-2-3-8-38(34)48)52-44(57)27-5-4-6-32(21-27)61-20-19-49-47(63)51-29-13-16-33(37(22-29)46(59)60)43-35-17-14-30(55)23-40(35)62-41-24-31(56)15-18-36(41)43/h4-18,21-25,55H,2-3,19-20H2,1H3,(H,50,58)(H,52,57)(H,59,60)(H2,49,51,63). The van der Waals surface area contributed by atoms with Gasteiger partial charge in [-0.05, 0) is 97.4 Å². The highest BCUT2D eigenvalue weighted by Gasteiger charge is 2.23. The number of aromatic carboxylic acids is 1. The van der Waals surface area contributed by atoms with Crippen LogP contribution >= 0.6 is 23.8 Å². The first-order valence-corrected chi connectivity index (χ1v) is 20.4. The van der Waals surface area contributed by atoms with Crippen LogP contribution < -0.4 is 31.4 Å². The van der Waals surface area contributed by atoms with Gasteiger partial charge in [-0.25, -0.2) is 4.79 Å². The Morgan fingerprint density at radius 3 is 2.43 bits per heavy atom. The maximum absolute atomic E-state index is 13.3. The number of carboxylic acid groups (broad SMARTS) is 1. The second kappa shape index (κ2) is 18.1. The van der Waals surface area contributed by atoms with Gasteiger partial charge in [-0.3, -0.25) is 19.1 Å². The number of halogens is 1. The molecule has 0 bridgehead atoms. The van der Waals surface area contributed by atoms with Crippen molar-refractivity contribution in [2.45, 2.75) is 12.8 Å². The number of nitrogens with zero attached hydrogens (tertiary/aromatic N) is 2. The van der Waals surface area contributed by atoms with Crippen LogP contribution in [0.4, 0.5) is 17.2 Å². The zero-order valence-electron chi connectivity index (χ0n) is 33.4. The van der Waals surface area contributed by atoms with E-state index in [1.807, 2.05) is 24.3 Å². The monoisotopic (exact) mass is 880 g/mol. The summed E-state index contributed by atoms with van der Waals surface area (Å²) in [5, 5.41) is 38.0. The molecule has 2 aliphatic carbocycles. The third-order valence-corrected chi connectivity index (χ3v) is 10.7. The minimum atomic E-state index is -1.19. The molecule has 0 spiro atoms. The number of rotatable bonds is 12. The van der Waals surface area contributed by atoms with Gasteiger partial charge in [-0.1, -0.05) is 48.0 Å². The van der Waals surface area contributed by atoms with Gasteiger partial charge >= 0.3 is 5.97 Å². The highest BCUT2D eigenvalue weighted by molar-refractivity contribution is 7.80. The van der Waals surface area contributed by atoms with E-state index in [0.29, 0.717) is 66.9 Å². The Hall–Kier alpha value is -7.75. The molecule has 0 fully saturated rings. The van der Waals surface area contributed by atoms with E-state index in [0.717, 1.165) is 18.4 Å². The number of anilines is 3. The first kappa shape index (κ1) is 42.0. The van der Waals surface area contributed by atoms with E-state index < -0.39 is 5.97 Å². The molecule has 0 radical (unpaired) electrons. The Morgan fingerprint density at radius 1 is 0.857 bits per heavy atom. The topological polar surface area (TPSA) is 197 Å². The Balaban J connectivity index is 0.857. The molecule has 0 unspecified atom stereocenters. The lowest BCUT2D eigenvalue weighted by molar-refractivity contribution is -0.112. The van der Waals surface area contributed by atoms with Crippen LogP contribution in [0.15, 0.2) is 141 Å². The van der Waals surface area contributed by atoms with Gasteiger partial charge in [0.1, 0.15) is 35.3 Å². The summed E-state index contributed by atoms with van der Waals surface area (Å²) in [5.41, 5.74) is 4.65. The number of allylic oxidation sites excluding steroid dienone is 2. The van der Waals surface area contributed by atoms with Crippen molar-refractivity contribution in [3.8, 4) is 45.2 Å². The lowest BCUT2D eigenvalue weighted by Gasteiger charge is -2.18. The lowest BCUT2D eigenvalue weighted by Crippen LogP contribution is -2.32. The van der Waals surface area contributed by atoms with Crippen LogP contribution in [0, 0.1) is 0 Å². The van der Waals surface area contributed by atoms with E-state index >= 15 is 0 Å². The number of nitrogens with one attached hydrogen (secondary N) is 4. The Morgan fingerprint density at radius 2 is 1.63 bits per heavy atom. The molecule has 63 heavy (non-hydrogen) atoms. The lowest BCUT2D eigenvalue weighted by atomic mass is 9.90. The zero-order chi connectivity index (χ0) is 44.2. The molecule has 8 rings (SSSR count). The van der Waals surface area contributed by atoms with E-state index in [4.69, 9.17) is 33.0 Å². The average molecular weight is 881 g/mol. The molecular weight excluding hydrogens is 844 g/mol. The smallest absolute Gasteiger partial charge is 0.336 e. The molecule has 0 saturated heterocycles. The highest BCUT2D eigenvalue weighted by Crippen LogP contribution is 2.42. The highest BCUT2D eigenvalue weighted by atomic mass is 35.5. The molecule has 2 heterocycles. The molecule has 2 amide bonds.